The van der Waals surface area contributed by atoms with E-state index in [0.29, 0.717) is 19.7 Å². The maximum absolute atomic E-state index is 11.0. The van der Waals surface area contributed by atoms with Gasteiger partial charge in [-0.25, -0.2) is 4.57 Å². The van der Waals surface area contributed by atoms with Crippen LogP contribution < -0.4 is 0 Å². The molecule has 168 valence electrons. The second-order valence-corrected chi connectivity index (χ2v) is 8.45. The number of rotatable bonds is 22. The summed E-state index contributed by atoms with van der Waals surface area (Å²) in [6, 6.07) is 0. The number of nitrogens with zero attached hydrogens (tertiary/aromatic N) is 1. The fraction of sp³-hybridized carbons (Fsp3) is 1.00. The van der Waals surface area contributed by atoms with Gasteiger partial charge in [0.05, 0.1) is 19.8 Å². The van der Waals surface area contributed by atoms with E-state index >= 15 is 0 Å². The fourth-order valence-electron chi connectivity index (χ4n) is 4.12. The Labute approximate surface area is 175 Å². The molecule has 28 heavy (non-hydrogen) atoms. The Bertz CT molecular complexity index is 322. The van der Waals surface area contributed by atoms with Crippen LogP contribution in [0.1, 0.15) is 104 Å². The van der Waals surface area contributed by atoms with Crippen molar-refractivity contribution in [1.82, 2.24) is 4.90 Å². The summed E-state index contributed by atoms with van der Waals surface area (Å²) in [5, 5.41) is 19.1. The van der Waals surface area contributed by atoms with Crippen molar-refractivity contribution in [3.05, 3.63) is 0 Å². The van der Waals surface area contributed by atoms with Gasteiger partial charge in [-0.1, -0.05) is 90.9 Å². The maximum atomic E-state index is 11.0. The first-order chi connectivity index (χ1) is 13.7. The molecule has 0 aliphatic rings. The molecule has 0 aliphatic heterocycles. The van der Waals surface area contributed by atoms with Crippen LogP contribution in [0.2, 0.25) is 0 Å². The van der Waals surface area contributed by atoms with Gasteiger partial charge in [0.2, 0.25) is 0 Å². The van der Waals surface area contributed by atoms with Crippen LogP contribution in [0.4, 0.5) is 0 Å². The van der Waals surface area contributed by atoms with Crippen molar-refractivity contribution in [3.8, 4) is 0 Å². The van der Waals surface area contributed by atoms with Gasteiger partial charge in [0.15, 0.2) is 0 Å². The van der Waals surface area contributed by atoms with Crippen molar-refractivity contribution in [1.29, 1.82) is 0 Å². The Balaban J connectivity index is 4.94. The van der Waals surface area contributed by atoms with Gasteiger partial charge in [-0.3, -0.25) is 9.42 Å². The number of aliphatic hydroxyl groups is 2. The fourth-order valence-corrected chi connectivity index (χ4v) is 4.41. The minimum atomic E-state index is -0.291. The van der Waals surface area contributed by atoms with Crippen molar-refractivity contribution < 1.29 is 19.3 Å². The van der Waals surface area contributed by atoms with E-state index in [1.54, 1.807) is 0 Å². The van der Waals surface area contributed by atoms with Gasteiger partial charge < -0.3 is 10.2 Å². The standard InChI is InChI=1S/C22H46NO4P/c1-3-5-7-9-11-13-15-22(21-27-28-26,23(17-19-24)18-20-25)16-14-12-10-8-6-4-2/h24-25H,3-21H2,1-2H3. The van der Waals surface area contributed by atoms with Gasteiger partial charge in [0.25, 0.3) is 0 Å². The number of β-amino-alcohol motifs (C(OH)–C–C–N with tert-alkyl or cyclic N) is 2. The molecule has 0 saturated carbocycles. The molecule has 0 aliphatic carbocycles. The van der Waals surface area contributed by atoms with Crippen LogP contribution in [0.15, 0.2) is 0 Å². The summed E-state index contributed by atoms with van der Waals surface area (Å²) in [5.41, 5.74) is -0.252. The highest BCUT2D eigenvalue weighted by atomic mass is 31.1. The summed E-state index contributed by atoms with van der Waals surface area (Å²) in [6.07, 6.45) is 16.7. The first-order valence-electron chi connectivity index (χ1n) is 11.6. The van der Waals surface area contributed by atoms with Crippen LogP contribution >= 0.6 is 8.69 Å². The Morgan fingerprint density at radius 3 is 1.57 bits per heavy atom. The van der Waals surface area contributed by atoms with E-state index in [4.69, 9.17) is 4.52 Å². The highest BCUT2D eigenvalue weighted by Crippen LogP contribution is 2.31. The van der Waals surface area contributed by atoms with Gasteiger partial charge in [-0.05, 0) is 12.8 Å². The molecular weight excluding hydrogens is 373 g/mol. The van der Waals surface area contributed by atoms with E-state index in [0.717, 1.165) is 25.7 Å². The Kier molecular flexibility index (Phi) is 20.2. The predicted molar refractivity (Wildman–Crippen MR) is 118 cm³/mol. The Morgan fingerprint density at radius 1 is 0.750 bits per heavy atom. The average Bonchev–Trinajstić information content (AvgIpc) is 2.70. The van der Waals surface area contributed by atoms with Crippen molar-refractivity contribution >= 4 is 8.69 Å². The molecule has 0 bridgehead atoms. The van der Waals surface area contributed by atoms with Gasteiger partial charge >= 0.3 is 8.69 Å². The number of hydrogen-bond donors (Lipinski definition) is 2. The van der Waals surface area contributed by atoms with Crippen molar-refractivity contribution in [2.24, 2.45) is 0 Å². The van der Waals surface area contributed by atoms with Crippen LogP contribution in [0, 0.1) is 0 Å². The average molecular weight is 420 g/mol. The largest absolute Gasteiger partial charge is 0.395 e. The van der Waals surface area contributed by atoms with Gasteiger partial charge in [0.1, 0.15) is 0 Å². The first kappa shape index (κ1) is 27.9. The molecule has 0 spiro atoms. The monoisotopic (exact) mass is 419 g/mol. The summed E-state index contributed by atoms with van der Waals surface area (Å²) in [7, 11) is -0.291. The van der Waals surface area contributed by atoms with Crippen molar-refractivity contribution in [3.63, 3.8) is 0 Å². The first-order valence-corrected chi connectivity index (χ1v) is 12.3. The lowest BCUT2D eigenvalue weighted by molar-refractivity contribution is 0.00292. The van der Waals surface area contributed by atoms with Gasteiger partial charge in [-0.15, -0.1) is 0 Å². The van der Waals surface area contributed by atoms with E-state index in [-0.39, 0.29) is 27.4 Å². The summed E-state index contributed by atoms with van der Waals surface area (Å²) in [6.45, 7) is 6.01. The van der Waals surface area contributed by atoms with E-state index < -0.39 is 0 Å². The topological polar surface area (TPSA) is 70.0 Å². The molecule has 5 nitrogen and oxygen atoms in total. The van der Waals surface area contributed by atoms with E-state index in [2.05, 4.69) is 18.7 Å². The lowest BCUT2D eigenvalue weighted by atomic mass is 9.84. The minimum Gasteiger partial charge on any atom is -0.395 e. The molecule has 0 aromatic heterocycles. The molecular formula is C22H46NO4P. The van der Waals surface area contributed by atoms with Crippen LogP contribution in [0.3, 0.4) is 0 Å². The number of unbranched alkanes of at least 4 members (excludes halogenated alkanes) is 10. The summed E-state index contributed by atoms with van der Waals surface area (Å²) >= 11 is 0. The van der Waals surface area contributed by atoms with Crippen LogP contribution in [0.25, 0.3) is 0 Å². The molecule has 2 N–H and O–H groups in total. The third kappa shape index (κ3) is 13.2. The molecule has 0 atom stereocenters. The molecule has 6 heteroatoms. The molecule has 0 unspecified atom stereocenters. The Morgan fingerprint density at radius 2 is 1.18 bits per heavy atom. The molecule has 0 heterocycles. The van der Waals surface area contributed by atoms with Gasteiger partial charge in [-0.2, -0.15) is 0 Å². The Hall–Kier alpha value is -0.0600. The predicted octanol–water partition coefficient (Wildman–Crippen LogP) is 5.74. The van der Waals surface area contributed by atoms with Crippen LogP contribution in [0.5, 0.6) is 0 Å². The lowest BCUT2D eigenvalue weighted by Gasteiger charge is -2.43. The highest BCUT2D eigenvalue weighted by molar-refractivity contribution is 7.17. The normalized spacial score (nSPS) is 12.3. The van der Waals surface area contributed by atoms with Crippen molar-refractivity contribution in [2.75, 3.05) is 32.9 Å². The maximum Gasteiger partial charge on any atom is 0.327 e. The zero-order valence-electron chi connectivity index (χ0n) is 18.5. The van der Waals surface area contributed by atoms with E-state index in [9.17, 15) is 14.8 Å². The molecule has 0 rings (SSSR count). The zero-order valence-corrected chi connectivity index (χ0v) is 19.4. The van der Waals surface area contributed by atoms with E-state index in [1.165, 1.54) is 64.2 Å². The molecule has 0 aromatic carbocycles. The second-order valence-electron chi connectivity index (χ2n) is 8.04. The van der Waals surface area contributed by atoms with Gasteiger partial charge in [0, 0.05) is 18.6 Å². The van der Waals surface area contributed by atoms with Crippen molar-refractivity contribution in [2.45, 2.75) is 109 Å². The smallest absolute Gasteiger partial charge is 0.327 e. The lowest BCUT2D eigenvalue weighted by Crippen LogP contribution is -2.54. The molecule has 0 radical (unpaired) electrons. The number of aliphatic hydroxyl groups excluding tert-OH is 2. The molecule has 0 fully saturated rings. The molecule has 0 aromatic rings. The second kappa shape index (κ2) is 20.2. The van der Waals surface area contributed by atoms with Crippen LogP contribution in [-0.4, -0.2) is 53.6 Å². The third-order valence-electron chi connectivity index (χ3n) is 5.79. The quantitative estimate of drug-likeness (QED) is 0.173. The SMILES string of the molecule is CCCCCCCCC(CCCCCCCC)(COP=O)N(CCO)CCO. The summed E-state index contributed by atoms with van der Waals surface area (Å²) in [4.78, 5) is 2.18. The molecule has 0 amide bonds. The summed E-state index contributed by atoms with van der Waals surface area (Å²) in [5.74, 6) is 0. The number of hydrogen-bond acceptors (Lipinski definition) is 5. The minimum absolute atomic E-state index is 0.0594. The van der Waals surface area contributed by atoms with Crippen LogP contribution in [-0.2, 0) is 9.09 Å². The molecule has 0 saturated heterocycles. The highest BCUT2D eigenvalue weighted by Gasteiger charge is 2.36. The zero-order chi connectivity index (χ0) is 20.9. The summed E-state index contributed by atoms with van der Waals surface area (Å²) < 4.78 is 16.4. The third-order valence-corrected chi connectivity index (χ3v) is 6.02. The van der Waals surface area contributed by atoms with E-state index in [1.807, 2.05) is 0 Å².